The summed E-state index contributed by atoms with van der Waals surface area (Å²) in [7, 11) is 0. The predicted molar refractivity (Wildman–Crippen MR) is 67.5 cm³/mol. The van der Waals surface area contributed by atoms with E-state index < -0.39 is 11.6 Å². The first-order valence-corrected chi connectivity index (χ1v) is 6.32. The number of hydrogen-bond donors (Lipinski definition) is 1. The summed E-state index contributed by atoms with van der Waals surface area (Å²) in [5.41, 5.74) is 8.99. The number of nitrogens with two attached hydrogens (primary N) is 1. The SMILES string of the molecule is C[C@H](N)Cn1c2c(c3cc(F)c(F)cc31)CCC2. The van der Waals surface area contributed by atoms with Crippen molar-refractivity contribution in [3.63, 3.8) is 0 Å². The molecule has 1 aliphatic carbocycles. The molecule has 4 heteroatoms. The Kier molecular flexibility index (Phi) is 2.63. The second-order valence-corrected chi connectivity index (χ2v) is 5.15. The smallest absolute Gasteiger partial charge is 0.160 e. The summed E-state index contributed by atoms with van der Waals surface area (Å²) in [4.78, 5) is 0. The zero-order chi connectivity index (χ0) is 12.9. The molecule has 3 rings (SSSR count). The number of benzene rings is 1. The maximum atomic E-state index is 13.4. The minimum atomic E-state index is -0.787. The molecule has 96 valence electrons. The molecule has 1 aliphatic rings. The van der Waals surface area contributed by atoms with Gasteiger partial charge in [-0.25, -0.2) is 8.78 Å². The molecule has 0 bridgehead atoms. The van der Waals surface area contributed by atoms with Gasteiger partial charge >= 0.3 is 0 Å². The zero-order valence-electron chi connectivity index (χ0n) is 10.3. The van der Waals surface area contributed by atoms with Crippen molar-refractivity contribution in [1.29, 1.82) is 0 Å². The Morgan fingerprint density at radius 1 is 1.28 bits per heavy atom. The monoisotopic (exact) mass is 250 g/mol. The van der Waals surface area contributed by atoms with Gasteiger partial charge in [0.1, 0.15) is 0 Å². The third kappa shape index (κ3) is 1.63. The van der Waals surface area contributed by atoms with Gasteiger partial charge in [-0.1, -0.05) is 0 Å². The number of rotatable bonds is 2. The molecule has 2 aromatic rings. The van der Waals surface area contributed by atoms with Crippen LogP contribution < -0.4 is 5.73 Å². The lowest BCUT2D eigenvalue weighted by Crippen LogP contribution is -2.23. The fraction of sp³-hybridized carbons (Fsp3) is 0.429. The van der Waals surface area contributed by atoms with E-state index in [0.29, 0.717) is 6.54 Å². The number of hydrogen-bond acceptors (Lipinski definition) is 1. The van der Waals surface area contributed by atoms with Crippen molar-refractivity contribution < 1.29 is 8.78 Å². The lowest BCUT2D eigenvalue weighted by atomic mass is 10.1. The van der Waals surface area contributed by atoms with Crippen molar-refractivity contribution in [1.82, 2.24) is 4.57 Å². The Bertz CT molecular complexity index is 614. The summed E-state index contributed by atoms with van der Waals surface area (Å²) in [5.74, 6) is -1.56. The highest BCUT2D eigenvalue weighted by molar-refractivity contribution is 5.86. The molecule has 0 spiro atoms. The molecule has 1 heterocycles. The van der Waals surface area contributed by atoms with Crippen molar-refractivity contribution in [3.05, 3.63) is 35.0 Å². The van der Waals surface area contributed by atoms with E-state index in [1.54, 1.807) is 0 Å². The number of halogens is 2. The van der Waals surface area contributed by atoms with Crippen molar-refractivity contribution in [2.75, 3.05) is 0 Å². The molecular formula is C14H16F2N2. The highest BCUT2D eigenvalue weighted by atomic mass is 19.2. The Balaban J connectivity index is 2.29. The van der Waals surface area contributed by atoms with Crippen LogP contribution in [0.4, 0.5) is 8.78 Å². The fourth-order valence-corrected chi connectivity index (χ4v) is 2.96. The molecule has 0 saturated heterocycles. The van der Waals surface area contributed by atoms with Crippen LogP contribution in [0.15, 0.2) is 12.1 Å². The Morgan fingerprint density at radius 3 is 2.72 bits per heavy atom. The number of aromatic nitrogens is 1. The van der Waals surface area contributed by atoms with Gasteiger partial charge in [0.05, 0.1) is 5.52 Å². The summed E-state index contributed by atoms with van der Waals surface area (Å²) in [6, 6.07) is 2.62. The van der Waals surface area contributed by atoms with E-state index in [9.17, 15) is 8.78 Å². The summed E-state index contributed by atoms with van der Waals surface area (Å²) < 4.78 is 28.8. The van der Waals surface area contributed by atoms with Crippen LogP contribution in [-0.4, -0.2) is 10.6 Å². The Hall–Kier alpha value is -1.42. The van der Waals surface area contributed by atoms with Crippen LogP contribution >= 0.6 is 0 Å². The van der Waals surface area contributed by atoms with E-state index >= 15 is 0 Å². The Morgan fingerprint density at radius 2 is 2.00 bits per heavy atom. The van der Waals surface area contributed by atoms with E-state index in [4.69, 9.17) is 5.73 Å². The third-order valence-corrected chi connectivity index (χ3v) is 3.64. The first-order chi connectivity index (χ1) is 8.58. The van der Waals surface area contributed by atoms with Crippen LogP contribution in [0.3, 0.4) is 0 Å². The van der Waals surface area contributed by atoms with Gasteiger partial charge in [-0.05, 0) is 37.8 Å². The molecule has 0 unspecified atom stereocenters. The molecule has 0 fully saturated rings. The molecule has 1 aromatic heterocycles. The molecule has 2 N–H and O–H groups in total. The summed E-state index contributed by atoms with van der Waals surface area (Å²) in [6.07, 6.45) is 3.00. The maximum absolute atomic E-state index is 13.4. The summed E-state index contributed by atoms with van der Waals surface area (Å²) in [5, 5.41) is 0.849. The average Bonchev–Trinajstić information content (AvgIpc) is 2.85. The molecular weight excluding hydrogens is 234 g/mol. The molecule has 18 heavy (non-hydrogen) atoms. The largest absolute Gasteiger partial charge is 0.343 e. The second kappa shape index (κ2) is 4.05. The van der Waals surface area contributed by atoms with Gasteiger partial charge in [-0.2, -0.15) is 0 Å². The molecule has 1 aromatic carbocycles. The highest BCUT2D eigenvalue weighted by Crippen LogP contribution is 2.34. The molecule has 0 saturated carbocycles. The third-order valence-electron chi connectivity index (χ3n) is 3.64. The van der Waals surface area contributed by atoms with Crippen molar-refractivity contribution in [2.45, 2.75) is 38.8 Å². The first-order valence-electron chi connectivity index (χ1n) is 6.32. The van der Waals surface area contributed by atoms with Crippen LogP contribution in [0.5, 0.6) is 0 Å². The topological polar surface area (TPSA) is 30.9 Å². The molecule has 1 atom stereocenters. The number of fused-ring (bicyclic) bond motifs is 3. The number of nitrogens with zero attached hydrogens (tertiary/aromatic N) is 1. The fourth-order valence-electron chi connectivity index (χ4n) is 2.96. The minimum absolute atomic E-state index is 0.00147. The minimum Gasteiger partial charge on any atom is -0.343 e. The van der Waals surface area contributed by atoms with Gasteiger partial charge in [0.25, 0.3) is 0 Å². The lowest BCUT2D eigenvalue weighted by Gasteiger charge is -2.12. The van der Waals surface area contributed by atoms with Crippen molar-refractivity contribution >= 4 is 10.9 Å². The molecule has 0 aliphatic heterocycles. The van der Waals surface area contributed by atoms with Gasteiger partial charge in [0.2, 0.25) is 0 Å². The highest BCUT2D eigenvalue weighted by Gasteiger charge is 2.23. The van der Waals surface area contributed by atoms with Crippen LogP contribution in [0, 0.1) is 11.6 Å². The standard InChI is InChI=1S/C14H16F2N2/c1-8(17)7-18-13-4-2-3-9(13)10-5-11(15)12(16)6-14(10)18/h5-6,8H,2-4,7,17H2,1H3/t8-/m0/s1. The first kappa shape index (κ1) is 11.7. The van der Waals surface area contributed by atoms with E-state index in [1.807, 2.05) is 6.92 Å². The lowest BCUT2D eigenvalue weighted by molar-refractivity contribution is 0.509. The summed E-state index contributed by atoms with van der Waals surface area (Å²) in [6.45, 7) is 2.57. The van der Waals surface area contributed by atoms with Crippen LogP contribution in [0.2, 0.25) is 0 Å². The van der Waals surface area contributed by atoms with Crippen LogP contribution in [0.25, 0.3) is 10.9 Å². The maximum Gasteiger partial charge on any atom is 0.160 e. The normalized spacial score (nSPS) is 16.2. The van der Waals surface area contributed by atoms with E-state index in [-0.39, 0.29) is 6.04 Å². The molecule has 0 amide bonds. The molecule has 2 nitrogen and oxygen atoms in total. The van der Waals surface area contributed by atoms with Crippen LogP contribution in [-0.2, 0) is 19.4 Å². The predicted octanol–water partition coefficient (Wildman–Crippen LogP) is 2.76. The molecule has 0 radical (unpaired) electrons. The van der Waals surface area contributed by atoms with Gasteiger partial charge in [-0.3, -0.25) is 0 Å². The van der Waals surface area contributed by atoms with E-state index in [1.165, 1.54) is 23.4 Å². The van der Waals surface area contributed by atoms with Gasteiger partial charge in [0.15, 0.2) is 11.6 Å². The second-order valence-electron chi connectivity index (χ2n) is 5.15. The van der Waals surface area contributed by atoms with Gasteiger partial charge < -0.3 is 10.3 Å². The van der Waals surface area contributed by atoms with Crippen molar-refractivity contribution in [2.24, 2.45) is 5.73 Å². The van der Waals surface area contributed by atoms with E-state index in [0.717, 1.165) is 30.2 Å². The number of aryl methyl sites for hydroxylation is 1. The van der Waals surface area contributed by atoms with Gasteiger partial charge in [0, 0.05) is 29.7 Å². The Labute approximate surface area is 104 Å². The van der Waals surface area contributed by atoms with Gasteiger partial charge in [-0.15, -0.1) is 0 Å². The quantitative estimate of drug-likeness (QED) is 0.873. The average molecular weight is 250 g/mol. The zero-order valence-corrected chi connectivity index (χ0v) is 10.3. The van der Waals surface area contributed by atoms with Crippen molar-refractivity contribution in [3.8, 4) is 0 Å². The summed E-state index contributed by atoms with van der Waals surface area (Å²) >= 11 is 0. The van der Waals surface area contributed by atoms with E-state index in [2.05, 4.69) is 4.57 Å². The van der Waals surface area contributed by atoms with Crippen LogP contribution in [0.1, 0.15) is 24.6 Å².